The molecule has 31 heavy (non-hydrogen) atoms. The minimum absolute atomic E-state index is 0.119. The van der Waals surface area contributed by atoms with Crippen LogP contribution >= 0.6 is 0 Å². The van der Waals surface area contributed by atoms with Crippen molar-refractivity contribution in [3.63, 3.8) is 0 Å². The van der Waals surface area contributed by atoms with Gasteiger partial charge in [0.05, 0.1) is 12.2 Å². The number of nitrogens with one attached hydrogen (secondary N) is 2. The second kappa shape index (κ2) is 10.2. The number of rotatable bonds is 8. The Morgan fingerprint density at radius 2 is 1.97 bits per heavy atom. The van der Waals surface area contributed by atoms with Crippen molar-refractivity contribution in [2.45, 2.75) is 33.9 Å². The Morgan fingerprint density at radius 1 is 1.16 bits per heavy atom. The molecule has 0 aliphatic carbocycles. The summed E-state index contributed by atoms with van der Waals surface area (Å²) < 4.78 is 13.8. The van der Waals surface area contributed by atoms with Gasteiger partial charge in [0.15, 0.2) is 0 Å². The number of halogens is 1. The van der Waals surface area contributed by atoms with Gasteiger partial charge in [-0.1, -0.05) is 32.0 Å². The minimum atomic E-state index is -0.291. The van der Waals surface area contributed by atoms with E-state index in [9.17, 15) is 14.3 Å². The lowest BCUT2D eigenvalue weighted by molar-refractivity contribution is 0.0951. The molecule has 1 amide bonds. The van der Waals surface area contributed by atoms with Gasteiger partial charge >= 0.3 is 0 Å². The fourth-order valence-corrected chi connectivity index (χ4v) is 3.21. The van der Waals surface area contributed by atoms with Gasteiger partial charge in [-0.2, -0.15) is 0 Å². The van der Waals surface area contributed by atoms with E-state index in [1.807, 2.05) is 12.1 Å². The number of aryl methyl sites for hydroxylation is 1. The Kier molecular flexibility index (Phi) is 7.36. The summed E-state index contributed by atoms with van der Waals surface area (Å²) in [4.78, 5) is 17.2. The number of benzene rings is 2. The number of hydrogen-bond donors (Lipinski definition) is 3. The first kappa shape index (κ1) is 22.4. The third-order valence-corrected chi connectivity index (χ3v) is 5.05. The van der Waals surface area contributed by atoms with E-state index >= 15 is 0 Å². The smallest absolute Gasteiger partial charge is 0.253 e. The highest BCUT2D eigenvalue weighted by Crippen LogP contribution is 2.28. The van der Waals surface area contributed by atoms with Crippen molar-refractivity contribution < 1.29 is 14.3 Å². The largest absolute Gasteiger partial charge is 0.392 e. The van der Waals surface area contributed by atoms with Crippen LogP contribution in [0.1, 0.15) is 40.9 Å². The number of amides is 1. The van der Waals surface area contributed by atoms with E-state index in [0.29, 0.717) is 22.6 Å². The number of carbonyl (C=O) groups excluding carboxylic acids is 1. The van der Waals surface area contributed by atoms with Gasteiger partial charge in [-0.05, 0) is 59.4 Å². The highest BCUT2D eigenvalue weighted by Gasteiger charge is 2.15. The number of pyridine rings is 1. The van der Waals surface area contributed by atoms with E-state index in [1.54, 1.807) is 43.6 Å². The Morgan fingerprint density at radius 3 is 2.68 bits per heavy atom. The van der Waals surface area contributed by atoms with Crippen molar-refractivity contribution in [1.82, 2.24) is 10.3 Å². The summed E-state index contributed by atoms with van der Waals surface area (Å²) >= 11 is 0. The summed E-state index contributed by atoms with van der Waals surface area (Å²) in [5.74, 6) is -0.143. The van der Waals surface area contributed by atoms with Crippen molar-refractivity contribution in [3.05, 3.63) is 82.9 Å². The maximum absolute atomic E-state index is 13.8. The zero-order valence-corrected chi connectivity index (χ0v) is 18.1. The number of hydrogen-bond acceptors (Lipinski definition) is 4. The van der Waals surface area contributed by atoms with E-state index in [2.05, 4.69) is 29.5 Å². The average molecular weight is 422 g/mol. The van der Waals surface area contributed by atoms with Gasteiger partial charge in [-0.15, -0.1) is 0 Å². The first-order chi connectivity index (χ1) is 14.9. The monoisotopic (exact) mass is 421 g/mol. The predicted molar refractivity (Wildman–Crippen MR) is 121 cm³/mol. The van der Waals surface area contributed by atoms with Gasteiger partial charge in [0, 0.05) is 36.7 Å². The molecule has 3 rings (SSSR count). The minimum Gasteiger partial charge on any atom is -0.392 e. The fraction of sp³-hybridized carbons (Fsp3) is 0.280. The zero-order valence-electron chi connectivity index (χ0n) is 18.1. The van der Waals surface area contributed by atoms with E-state index in [-0.39, 0.29) is 24.9 Å². The third kappa shape index (κ3) is 5.67. The lowest BCUT2D eigenvalue weighted by atomic mass is 9.98. The average Bonchev–Trinajstić information content (AvgIpc) is 2.78. The molecule has 0 radical (unpaired) electrons. The van der Waals surface area contributed by atoms with Gasteiger partial charge in [-0.3, -0.25) is 9.78 Å². The first-order valence-electron chi connectivity index (χ1n) is 10.3. The molecule has 5 nitrogen and oxygen atoms in total. The van der Waals surface area contributed by atoms with Gasteiger partial charge in [0.1, 0.15) is 5.82 Å². The fourth-order valence-electron chi connectivity index (χ4n) is 3.21. The van der Waals surface area contributed by atoms with E-state index in [0.717, 1.165) is 28.9 Å². The molecule has 0 atom stereocenters. The van der Waals surface area contributed by atoms with Gasteiger partial charge < -0.3 is 15.7 Å². The predicted octanol–water partition coefficient (Wildman–Crippen LogP) is 4.69. The molecule has 0 saturated heterocycles. The van der Waals surface area contributed by atoms with Crippen LogP contribution in [0.5, 0.6) is 0 Å². The van der Waals surface area contributed by atoms with Crippen LogP contribution in [-0.4, -0.2) is 22.5 Å². The van der Waals surface area contributed by atoms with Crippen LogP contribution in [0.3, 0.4) is 0 Å². The highest BCUT2D eigenvalue weighted by atomic mass is 19.1. The molecule has 162 valence electrons. The number of anilines is 1. The van der Waals surface area contributed by atoms with Crippen LogP contribution in [0.15, 0.2) is 54.9 Å². The molecule has 0 fully saturated rings. The molecule has 3 N–H and O–H groups in total. The summed E-state index contributed by atoms with van der Waals surface area (Å²) in [6, 6.07) is 12.3. The Hall–Kier alpha value is -3.25. The molecule has 0 saturated carbocycles. The van der Waals surface area contributed by atoms with Crippen molar-refractivity contribution >= 4 is 11.6 Å². The normalized spacial score (nSPS) is 10.9. The van der Waals surface area contributed by atoms with Crippen LogP contribution in [0.25, 0.3) is 11.1 Å². The summed E-state index contributed by atoms with van der Waals surface area (Å²) in [6.45, 7) is 6.71. The lowest BCUT2D eigenvalue weighted by Gasteiger charge is -2.16. The van der Waals surface area contributed by atoms with Crippen LogP contribution in [0.2, 0.25) is 0 Å². The SMILES string of the molecule is Cc1ccc(CNC(=O)c2cc(-c3cnccc3CO)ccc2NCC(C)C)cc1F. The molecular weight excluding hydrogens is 393 g/mol. The van der Waals surface area contributed by atoms with Crippen LogP contribution in [0.4, 0.5) is 10.1 Å². The molecule has 6 heteroatoms. The van der Waals surface area contributed by atoms with Crippen LogP contribution in [-0.2, 0) is 13.2 Å². The molecule has 2 aromatic carbocycles. The van der Waals surface area contributed by atoms with Gasteiger partial charge in [0.2, 0.25) is 0 Å². The summed E-state index contributed by atoms with van der Waals surface area (Å²) in [5.41, 5.74) is 4.77. The second-order valence-corrected chi connectivity index (χ2v) is 7.99. The quantitative estimate of drug-likeness (QED) is 0.493. The van der Waals surface area contributed by atoms with Crippen molar-refractivity contribution in [2.24, 2.45) is 5.92 Å². The third-order valence-electron chi connectivity index (χ3n) is 5.05. The number of aromatic nitrogens is 1. The van der Waals surface area contributed by atoms with Crippen LogP contribution in [0, 0.1) is 18.7 Å². The second-order valence-electron chi connectivity index (χ2n) is 7.99. The van der Waals surface area contributed by atoms with Crippen LogP contribution < -0.4 is 10.6 Å². The summed E-state index contributed by atoms with van der Waals surface area (Å²) in [5, 5.41) is 15.9. The zero-order chi connectivity index (χ0) is 22.4. The van der Waals surface area contributed by atoms with Crippen molar-refractivity contribution in [2.75, 3.05) is 11.9 Å². The molecule has 0 unspecified atom stereocenters. The molecule has 1 heterocycles. The summed E-state index contributed by atoms with van der Waals surface area (Å²) in [6.07, 6.45) is 3.31. The van der Waals surface area contributed by atoms with E-state index in [4.69, 9.17) is 0 Å². The van der Waals surface area contributed by atoms with Gasteiger partial charge in [-0.25, -0.2) is 4.39 Å². The number of carbonyl (C=O) groups is 1. The molecule has 0 aliphatic rings. The van der Waals surface area contributed by atoms with Crippen molar-refractivity contribution in [1.29, 1.82) is 0 Å². The molecule has 1 aromatic heterocycles. The molecule has 0 spiro atoms. The lowest BCUT2D eigenvalue weighted by Crippen LogP contribution is -2.24. The van der Waals surface area contributed by atoms with E-state index in [1.165, 1.54) is 6.07 Å². The molecule has 3 aromatic rings. The van der Waals surface area contributed by atoms with E-state index < -0.39 is 0 Å². The maximum atomic E-state index is 13.8. The maximum Gasteiger partial charge on any atom is 0.253 e. The molecule has 0 aliphatic heterocycles. The number of aliphatic hydroxyl groups excluding tert-OH is 1. The van der Waals surface area contributed by atoms with Crippen molar-refractivity contribution in [3.8, 4) is 11.1 Å². The Bertz CT molecular complexity index is 1070. The first-order valence-corrected chi connectivity index (χ1v) is 10.3. The standard InChI is InChI=1S/C25H28FN3O2/c1-16(2)12-28-24-7-6-19(22-14-27-9-8-20(22)15-30)11-21(24)25(31)29-13-18-5-4-17(3)23(26)10-18/h4-11,14,16,28,30H,12-13,15H2,1-3H3,(H,29,31). The molecule has 0 bridgehead atoms. The molecular formula is C25H28FN3O2. The summed E-state index contributed by atoms with van der Waals surface area (Å²) in [7, 11) is 0. The van der Waals surface area contributed by atoms with Gasteiger partial charge in [0.25, 0.3) is 5.91 Å². The Balaban J connectivity index is 1.90. The Labute approximate surface area is 182 Å². The highest BCUT2D eigenvalue weighted by molar-refractivity contribution is 6.01. The topological polar surface area (TPSA) is 74.2 Å². The number of nitrogens with zero attached hydrogens (tertiary/aromatic N) is 1. The number of aliphatic hydroxyl groups is 1.